The minimum Gasteiger partial charge on any atom is -0.368 e. The fourth-order valence-corrected chi connectivity index (χ4v) is 5.24. The van der Waals surface area contributed by atoms with Crippen molar-refractivity contribution in [3.8, 4) is 0 Å². The standard InChI is InChI=1S/C21H22N4OS/c26-21(19-20-17(9-13-27-20)22-14-23-19)24-11-7-16(8-12-24)25-10-3-5-15-4-1-2-6-18(15)25/h1-2,4,6,9,13-14,16H,3,5,7-8,10-12H2. The van der Waals surface area contributed by atoms with Crippen LogP contribution in [-0.2, 0) is 6.42 Å². The zero-order valence-corrected chi connectivity index (χ0v) is 16.0. The monoisotopic (exact) mass is 378 g/mol. The highest BCUT2D eigenvalue weighted by atomic mass is 32.1. The predicted molar refractivity (Wildman–Crippen MR) is 108 cm³/mol. The molecule has 4 heterocycles. The Balaban J connectivity index is 1.31. The van der Waals surface area contributed by atoms with E-state index in [4.69, 9.17) is 0 Å². The summed E-state index contributed by atoms with van der Waals surface area (Å²) in [6.45, 7) is 2.70. The summed E-state index contributed by atoms with van der Waals surface area (Å²) in [6.07, 6.45) is 5.92. The summed E-state index contributed by atoms with van der Waals surface area (Å²) in [5.74, 6) is 0.0438. The lowest BCUT2D eigenvalue weighted by molar-refractivity contribution is 0.0708. The van der Waals surface area contributed by atoms with Crippen LogP contribution in [0.4, 0.5) is 5.69 Å². The average molecular weight is 379 g/mol. The Morgan fingerprint density at radius 3 is 2.81 bits per heavy atom. The van der Waals surface area contributed by atoms with E-state index in [9.17, 15) is 4.79 Å². The van der Waals surface area contributed by atoms with Gasteiger partial charge >= 0.3 is 0 Å². The number of piperidine rings is 1. The molecule has 2 aliphatic heterocycles. The number of nitrogens with zero attached hydrogens (tertiary/aromatic N) is 4. The smallest absolute Gasteiger partial charge is 0.274 e. The fraction of sp³-hybridized carbons (Fsp3) is 0.381. The van der Waals surface area contributed by atoms with Crippen molar-refractivity contribution in [3.63, 3.8) is 0 Å². The van der Waals surface area contributed by atoms with Crippen LogP contribution < -0.4 is 4.90 Å². The summed E-state index contributed by atoms with van der Waals surface area (Å²) in [5.41, 5.74) is 4.27. The van der Waals surface area contributed by atoms with E-state index in [0.29, 0.717) is 11.7 Å². The third kappa shape index (κ3) is 2.98. The number of amides is 1. The normalized spacial score (nSPS) is 17.9. The molecule has 0 N–H and O–H groups in total. The summed E-state index contributed by atoms with van der Waals surface area (Å²) < 4.78 is 0.898. The number of likely N-dealkylation sites (tertiary alicyclic amines) is 1. The van der Waals surface area contributed by atoms with Gasteiger partial charge in [-0.05, 0) is 48.8 Å². The van der Waals surface area contributed by atoms with Gasteiger partial charge in [-0.2, -0.15) is 0 Å². The van der Waals surface area contributed by atoms with Crippen LogP contribution in [-0.4, -0.2) is 46.5 Å². The first kappa shape index (κ1) is 16.7. The van der Waals surface area contributed by atoms with E-state index in [2.05, 4.69) is 39.1 Å². The third-order valence-corrected chi connectivity index (χ3v) is 6.69. The van der Waals surface area contributed by atoms with E-state index in [0.717, 1.165) is 42.7 Å². The molecular weight excluding hydrogens is 356 g/mol. The Morgan fingerprint density at radius 2 is 1.93 bits per heavy atom. The fourth-order valence-electron chi connectivity index (χ4n) is 4.41. The Hall–Kier alpha value is -2.47. The lowest BCUT2D eigenvalue weighted by Gasteiger charge is -2.42. The third-order valence-electron chi connectivity index (χ3n) is 5.78. The number of carbonyl (C=O) groups excluding carboxylic acids is 1. The topological polar surface area (TPSA) is 49.3 Å². The highest BCUT2D eigenvalue weighted by Gasteiger charge is 2.30. The first-order chi connectivity index (χ1) is 13.3. The maximum atomic E-state index is 13.0. The summed E-state index contributed by atoms with van der Waals surface area (Å²) in [5, 5.41) is 1.97. The molecule has 3 aromatic rings. The molecule has 0 spiro atoms. The molecule has 0 saturated carbocycles. The molecular formula is C21H22N4OS. The van der Waals surface area contributed by atoms with Gasteiger partial charge in [0, 0.05) is 31.4 Å². The van der Waals surface area contributed by atoms with Gasteiger partial charge in [0.2, 0.25) is 0 Å². The van der Waals surface area contributed by atoms with Crippen molar-refractivity contribution in [1.82, 2.24) is 14.9 Å². The maximum absolute atomic E-state index is 13.0. The molecule has 0 atom stereocenters. The van der Waals surface area contributed by atoms with Crippen molar-refractivity contribution in [2.75, 3.05) is 24.5 Å². The van der Waals surface area contributed by atoms with Crippen molar-refractivity contribution in [2.24, 2.45) is 0 Å². The minimum absolute atomic E-state index is 0.0438. The Morgan fingerprint density at radius 1 is 1.07 bits per heavy atom. The second-order valence-electron chi connectivity index (χ2n) is 7.31. The quantitative estimate of drug-likeness (QED) is 0.681. The number of hydrogen-bond acceptors (Lipinski definition) is 5. The molecule has 5 rings (SSSR count). The van der Waals surface area contributed by atoms with E-state index < -0.39 is 0 Å². The first-order valence-electron chi connectivity index (χ1n) is 9.63. The Labute approximate surface area is 162 Å². The van der Waals surface area contributed by atoms with Gasteiger partial charge in [0.15, 0.2) is 0 Å². The van der Waals surface area contributed by atoms with E-state index in [-0.39, 0.29) is 5.91 Å². The number of rotatable bonds is 2. The molecule has 0 radical (unpaired) electrons. The summed E-state index contributed by atoms with van der Waals surface area (Å²) >= 11 is 1.54. The van der Waals surface area contributed by atoms with Gasteiger partial charge in [-0.1, -0.05) is 18.2 Å². The molecule has 1 saturated heterocycles. The van der Waals surface area contributed by atoms with Crippen LogP contribution in [0.25, 0.3) is 10.2 Å². The Bertz CT molecular complexity index is 977. The molecule has 27 heavy (non-hydrogen) atoms. The summed E-state index contributed by atoms with van der Waals surface area (Å²) in [7, 11) is 0. The van der Waals surface area contributed by atoms with Crippen molar-refractivity contribution in [2.45, 2.75) is 31.7 Å². The summed E-state index contributed by atoms with van der Waals surface area (Å²) in [4.78, 5) is 26.1. The van der Waals surface area contributed by atoms with Gasteiger partial charge in [0.05, 0.1) is 10.2 Å². The van der Waals surface area contributed by atoms with Crippen LogP contribution in [0.2, 0.25) is 0 Å². The van der Waals surface area contributed by atoms with Gasteiger partial charge in [0.1, 0.15) is 12.0 Å². The van der Waals surface area contributed by atoms with E-state index in [1.165, 1.54) is 30.4 Å². The molecule has 1 aromatic carbocycles. The van der Waals surface area contributed by atoms with Gasteiger partial charge in [-0.25, -0.2) is 9.97 Å². The number of carbonyl (C=O) groups is 1. The second-order valence-corrected chi connectivity index (χ2v) is 8.22. The van der Waals surface area contributed by atoms with Crippen LogP contribution in [0.5, 0.6) is 0 Å². The van der Waals surface area contributed by atoms with E-state index in [1.807, 2.05) is 16.3 Å². The number of hydrogen-bond donors (Lipinski definition) is 0. The number of anilines is 1. The van der Waals surface area contributed by atoms with E-state index in [1.54, 1.807) is 11.3 Å². The lowest BCUT2D eigenvalue weighted by atomic mass is 9.96. The van der Waals surface area contributed by atoms with Crippen LogP contribution in [0.1, 0.15) is 35.3 Å². The highest BCUT2D eigenvalue weighted by Crippen LogP contribution is 2.32. The van der Waals surface area contributed by atoms with Crippen molar-refractivity contribution in [3.05, 3.63) is 53.3 Å². The van der Waals surface area contributed by atoms with Crippen LogP contribution in [0.15, 0.2) is 42.0 Å². The van der Waals surface area contributed by atoms with Crippen LogP contribution in [0, 0.1) is 0 Å². The van der Waals surface area contributed by atoms with Crippen LogP contribution >= 0.6 is 11.3 Å². The van der Waals surface area contributed by atoms with E-state index >= 15 is 0 Å². The molecule has 0 bridgehead atoms. The lowest BCUT2D eigenvalue weighted by Crippen LogP contribution is -2.48. The second kappa shape index (κ2) is 6.93. The molecule has 138 valence electrons. The van der Waals surface area contributed by atoms with Crippen molar-refractivity contribution >= 4 is 33.1 Å². The van der Waals surface area contributed by atoms with Gasteiger partial charge in [0.25, 0.3) is 5.91 Å². The van der Waals surface area contributed by atoms with Crippen molar-refractivity contribution < 1.29 is 4.79 Å². The number of para-hydroxylation sites is 1. The number of fused-ring (bicyclic) bond motifs is 2. The van der Waals surface area contributed by atoms with Gasteiger partial charge < -0.3 is 9.80 Å². The minimum atomic E-state index is 0.0438. The average Bonchev–Trinajstić information content (AvgIpc) is 3.22. The molecule has 1 amide bonds. The SMILES string of the molecule is O=C(c1ncnc2ccsc12)N1CCC(N2CCCc3ccccc32)CC1. The maximum Gasteiger partial charge on any atom is 0.274 e. The predicted octanol–water partition coefficient (Wildman–Crippen LogP) is 3.75. The molecule has 2 aromatic heterocycles. The van der Waals surface area contributed by atoms with Gasteiger partial charge in [-0.3, -0.25) is 4.79 Å². The van der Waals surface area contributed by atoms with Crippen molar-refractivity contribution in [1.29, 1.82) is 0 Å². The molecule has 2 aliphatic rings. The Kier molecular flexibility index (Phi) is 4.28. The number of thiophene rings is 1. The molecule has 0 aliphatic carbocycles. The molecule has 0 unspecified atom stereocenters. The summed E-state index contributed by atoms with van der Waals surface area (Å²) in [6, 6.07) is 11.2. The zero-order chi connectivity index (χ0) is 18.2. The largest absolute Gasteiger partial charge is 0.368 e. The molecule has 5 nitrogen and oxygen atoms in total. The number of benzene rings is 1. The first-order valence-corrected chi connectivity index (χ1v) is 10.5. The number of aryl methyl sites for hydroxylation is 1. The zero-order valence-electron chi connectivity index (χ0n) is 15.2. The highest BCUT2D eigenvalue weighted by molar-refractivity contribution is 7.17. The molecule has 1 fully saturated rings. The molecule has 6 heteroatoms. The van der Waals surface area contributed by atoms with Gasteiger partial charge in [-0.15, -0.1) is 11.3 Å². The van der Waals surface area contributed by atoms with Crippen LogP contribution in [0.3, 0.4) is 0 Å². The number of aromatic nitrogens is 2.